The van der Waals surface area contributed by atoms with Crippen LogP contribution in [0.4, 0.5) is 0 Å². The fraction of sp³-hybridized carbons (Fsp3) is 0.438. The molecule has 0 aliphatic carbocycles. The van der Waals surface area contributed by atoms with Crippen LogP contribution in [0.3, 0.4) is 0 Å². The van der Waals surface area contributed by atoms with Crippen LogP contribution < -0.4 is 0 Å². The number of benzene rings is 1. The van der Waals surface area contributed by atoms with Gasteiger partial charge in [0.1, 0.15) is 0 Å². The van der Waals surface area contributed by atoms with Crippen molar-refractivity contribution in [1.82, 2.24) is 9.55 Å². The Labute approximate surface area is 140 Å². The highest BCUT2D eigenvalue weighted by atomic mass is 35.5. The number of rotatable bonds is 5. The van der Waals surface area contributed by atoms with Crippen LogP contribution in [-0.4, -0.2) is 21.9 Å². The van der Waals surface area contributed by atoms with Gasteiger partial charge in [0.25, 0.3) is 0 Å². The largest absolute Gasteiger partial charge is 0.348 e. The van der Waals surface area contributed by atoms with Crippen molar-refractivity contribution in [1.29, 1.82) is 0 Å². The SMILES string of the molecule is Clc1cccc(Cl)c1CO[C@H]1CCC[C@H](Cn2ccnc2)O1. The number of hydrogen-bond donors (Lipinski definition) is 0. The second-order valence-corrected chi connectivity index (χ2v) is 6.20. The lowest BCUT2D eigenvalue weighted by molar-refractivity contribution is -0.201. The lowest BCUT2D eigenvalue weighted by Gasteiger charge is -2.30. The molecule has 0 N–H and O–H groups in total. The normalized spacial score (nSPS) is 21.9. The van der Waals surface area contributed by atoms with E-state index in [9.17, 15) is 0 Å². The summed E-state index contributed by atoms with van der Waals surface area (Å²) >= 11 is 12.3. The van der Waals surface area contributed by atoms with E-state index in [0.29, 0.717) is 16.7 Å². The second-order valence-electron chi connectivity index (χ2n) is 5.39. The summed E-state index contributed by atoms with van der Waals surface area (Å²) in [7, 11) is 0. The lowest BCUT2D eigenvalue weighted by atomic mass is 10.1. The van der Waals surface area contributed by atoms with E-state index >= 15 is 0 Å². The fourth-order valence-electron chi connectivity index (χ4n) is 2.60. The Kier molecular flexibility index (Phi) is 5.37. The van der Waals surface area contributed by atoms with Gasteiger partial charge in [0.05, 0.1) is 19.0 Å². The number of halogens is 2. The van der Waals surface area contributed by atoms with Crippen LogP contribution in [-0.2, 0) is 22.6 Å². The van der Waals surface area contributed by atoms with Crippen molar-refractivity contribution in [3.63, 3.8) is 0 Å². The van der Waals surface area contributed by atoms with E-state index in [0.717, 1.165) is 31.4 Å². The number of aromatic nitrogens is 2. The molecule has 0 spiro atoms. The molecule has 2 heterocycles. The van der Waals surface area contributed by atoms with Gasteiger partial charge in [0.2, 0.25) is 0 Å². The summed E-state index contributed by atoms with van der Waals surface area (Å²) in [6, 6.07) is 5.46. The number of nitrogens with zero attached hydrogens (tertiary/aromatic N) is 2. The van der Waals surface area contributed by atoms with Crippen LogP contribution in [0.25, 0.3) is 0 Å². The van der Waals surface area contributed by atoms with Gasteiger partial charge in [-0.1, -0.05) is 29.3 Å². The Morgan fingerprint density at radius 2 is 2.09 bits per heavy atom. The van der Waals surface area contributed by atoms with Crippen molar-refractivity contribution < 1.29 is 9.47 Å². The highest BCUT2D eigenvalue weighted by Gasteiger charge is 2.23. The van der Waals surface area contributed by atoms with Crippen LogP contribution in [0.2, 0.25) is 10.0 Å². The standard InChI is InChI=1S/C16H18Cl2N2O2/c17-14-4-2-5-15(18)13(14)10-21-16-6-1-3-12(22-16)9-20-8-7-19-11-20/h2,4-5,7-8,11-12,16H,1,3,6,9-10H2/t12-,16-/m1/s1. The molecule has 22 heavy (non-hydrogen) atoms. The zero-order valence-corrected chi connectivity index (χ0v) is 13.6. The molecule has 1 aromatic heterocycles. The van der Waals surface area contributed by atoms with Gasteiger partial charge in [0, 0.05) is 34.5 Å². The number of hydrogen-bond acceptors (Lipinski definition) is 3. The first kappa shape index (κ1) is 15.8. The van der Waals surface area contributed by atoms with Gasteiger partial charge < -0.3 is 14.0 Å². The minimum atomic E-state index is -0.213. The van der Waals surface area contributed by atoms with Crippen LogP contribution in [0, 0.1) is 0 Å². The molecule has 4 nitrogen and oxygen atoms in total. The average Bonchev–Trinajstić information content (AvgIpc) is 3.00. The molecule has 2 aromatic rings. The van der Waals surface area contributed by atoms with Crippen LogP contribution in [0.1, 0.15) is 24.8 Å². The van der Waals surface area contributed by atoms with Crippen molar-refractivity contribution in [2.75, 3.05) is 0 Å². The van der Waals surface area contributed by atoms with E-state index in [1.807, 2.05) is 29.0 Å². The van der Waals surface area contributed by atoms with E-state index in [2.05, 4.69) is 4.98 Å². The van der Waals surface area contributed by atoms with Gasteiger partial charge in [-0.05, 0) is 31.4 Å². The minimum absolute atomic E-state index is 0.148. The highest BCUT2D eigenvalue weighted by molar-refractivity contribution is 6.35. The van der Waals surface area contributed by atoms with Gasteiger partial charge in [-0.2, -0.15) is 0 Å². The zero-order chi connectivity index (χ0) is 15.4. The van der Waals surface area contributed by atoms with Crippen molar-refractivity contribution in [3.8, 4) is 0 Å². The third-order valence-corrected chi connectivity index (χ3v) is 4.47. The highest BCUT2D eigenvalue weighted by Crippen LogP contribution is 2.27. The average molecular weight is 341 g/mol. The Balaban J connectivity index is 1.54. The predicted molar refractivity (Wildman–Crippen MR) is 86.0 cm³/mol. The van der Waals surface area contributed by atoms with Gasteiger partial charge in [-0.15, -0.1) is 0 Å². The van der Waals surface area contributed by atoms with Crippen LogP contribution in [0.5, 0.6) is 0 Å². The molecule has 3 rings (SSSR count). The quantitative estimate of drug-likeness (QED) is 0.813. The molecule has 0 bridgehead atoms. The van der Waals surface area contributed by atoms with Gasteiger partial charge >= 0.3 is 0 Å². The summed E-state index contributed by atoms with van der Waals surface area (Å²) in [5.41, 5.74) is 0.811. The maximum absolute atomic E-state index is 6.16. The second kappa shape index (κ2) is 7.47. The van der Waals surface area contributed by atoms with Crippen molar-refractivity contribution in [2.24, 2.45) is 0 Å². The number of imidazole rings is 1. The molecule has 1 aromatic carbocycles. The molecule has 0 saturated carbocycles. The smallest absolute Gasteiger partial charge is 0.158 e. The molecule has 0 radical (unpaired) electrons. The molecule has 1 aliphatic rings. The van der Waals surface area contributed by atoms with Crippen molar-refractivity contribution in [3.05, 3.63) is 52.5 Å². The Bertz CT molecular complexity index is 584. The topological polar surface area (TPSA) is 36.3 Å². The molecule has 6 heteroatoms. The Hall–Kier alpha value is -1.07. The zero-order valence-electron chi connectivity index (χ0n) is 12.1. The summed E-state index contributed by atoms with van der Waals surface area (Å²) in [6.45, 7) is 1.16. The Morgan fingerprint density at radius 1 is 1.27 bits per heavy atom. The third kappa shape index (κ3) is 4.02. The van der Waals surface area contributed by atoms with E-state index in [-0.39, 0.29) is 12.4 Å². The van der Waals surface area contributed by atoms with Crippen LogP contribution in [0.15, 0.2) is 36.9 Å². The minimum Gasteiger partial charge on any atom is -0.348 e. The molecule has 0 amide bonds. The molecular weight excluding hydrogens is 323 g/mol. The van der Waals surface area contributed by atoms with Gasteiger partial charge in [0.15, 0.2) is 6.29 Å². The van der Waals surface area contributed by atoms with E-state index < -0.39 is 0 Å². The first-order chi connectivity index (χ1) is 10.7. The Morgan fingerprint density at radius 3 is 2.82 bits per heavy atom. The fourth-order valence-corrected chi connectivity index (χ4v) is 3.10. The number of ether oxygens (including phenoxy) is 2. The molecule has 0 unspecified atom stereocenters. The van der Waals surface area contributed by atoms with Gasteiger partial charge in [-0.25, -0.2) is 4.98 Å². The van der Waals surface area contributed by atoms with E-state index in [4.69, 9.17) is 32.7 Å². The first-order valence-corrected chi connectivity index (χ1v) is 8.13. The first-order valence-electron chi connectivity index (χ1n) is 7.38. The van der Waals surface area contributed by atoms with Crippen molar-refractivity contribution >= 4 is 23.2 Å². The summed E-state index contributed by atoms with van der Waals surface area (Å²) in [5.74, 6) is 0. The molecule has 1 saturated heterocycles. The third-order valence-electron chi connectivity index (χ3n) is 3.76. The summed E-state index contributed by atoms with van der Waals surface area (Å²) in [4.78, 5) is 4.05. The van der Waals surface area contributed by atoms with Crippen LogP contribution >= 0.6 is 23.2 Å². The maximum atomic E-state index is 6.16. The molecular formula is C16H18Cl2N2O2. The molecule has 2 atom stereocenters. The maximum Gasteiger partial charge on any atom is 0.158 e. The monoisotopic (exact) mass is 340 g/mol. The van der Waals surface area contributed by atoms with E-state index in [1.165, 1.54) is 0 Å². The lowest BCUT2D eigenvalue weighted by Crippen LogP contribution is -2.32. The molecule has 1 fully saturated rings. The van der Waals surface area contributed by atoms with Gasteiger partial charge in [-0.3, -0.25) is 0 Å². The summed E-state index contributed by atoms with van der Waals surface area (Å²) in [5, 5.41) is 1.25. The van der Waals surface area contributed by atoms with E-state index in [1.54, 1.807) is 12.5 Å². The molecule has 118 valence electrons. The summed E-state index contributed by atoms with van der Waals surface area (Å²) < 4.78 is 13.9. The predicted octanol–water partition coefficient (Wildman–Crippen LogP) is 4.30. The molecule has 1 aliphatic heterocycles. The van der Waals surface area contributed by atoms with Crippen molar-refractivity contribution in [2.45, 2.75) is 44.8 Å². The summed E-state index contributed by atoms with van der Waals surface area (Å²) in [6.07, 6.45) is 8.46.